The first-order chi connectivity index (χ1) is 11.9. The van der Waals surface area contributed by atoms with Crippen LogP contribution in [0.4, 0.5) is 0 Å². The molecule has 132 valence electrons. The number of nitrogens with zero attached hydrogens (tertiary/aromatic N) is 1. The third kappa shape index (κ3) is 4.67. The van der Waals surface area contributed by atoms with Gasteiger partial charge in [-0.1, -0.05) is 39.0 Å². The number of hydrogen-bond acceptors (Lipinski definition) is 4. The Bertz CT molecular complexity index is 770. The summed E-state index contributed by atoms with van der Waals surface area (Å²) < 4.78 is 16.9. The maximum atomic E-state index is 9.18. The van der Waals surface area contributed by atoms with Crippen LogP contribution in [0, 0.1) is 18.3 Å². The van der Waals surface area contributed by atoms with Crippen LogP contribution in [0.25, 0.3) is 0 Å². The highest BCUT2D eigenvalue weighted by molar-refractivity contribution is 5.47. The van der Waals surface area contributed by atoms with Gasteiger partial charge in [-0.2, -0.15) is 5.26 Å². The average Bonchev–Trinajstić information content (AvgIpc) is 2.58. The summed E-state index contributed by atoms with van der Waals surface area (Å²) in [5.41, 5.74) is 2.76. The second-order valence-corrected chi connectivity index (χ2v) is 6.87. The van der Waals surface area contributed by atoms with Crippen molar-refractivity contribution >= 4 is 0 Å². The van der Waals surface area contributed by atoms with E-state index in [4.69, 9.17) is 14.2 Å². The number of nitriles is 1. The zero-order chi connectivity index (χ0) is 18.4. The highest BCUT2D eigenvalue weighted by Gasteiger charge is 2.20. The third-order valence-corrected chi connectivity index (χ3v) is 3.92. The van der Waals surface area contributed by atoms with Gasteiger partial charge in [-0.3, -0.25) is 0 Å². The molecule has 0 amide bonds. The van der Waals surface area contributed by atoms with Gasteiger partial charge in [0, 0.05) is 6.07 Å². The number of rotatable bonds is 6. The number of para-hydroxylation sites is 1. The van der Waals surface area contributed by atoms with Gasteiger partial charge in [0.05, 0.1) is 12.7 Å². The fourth-order valence-corrected chi connectivity index (χ4v) is 2.57. The van der Waals surface area contributed by atoms with E-state index in [1.807, 2.05) is 13.0 Å². The van der Waals surface area contributed by atoms with Gasteiger partial charge in [0.2, 0.25) is 0 Å². The maximum absolute atomic E-state index is 9.18. The van der Waals surface area contributed by atoms with E-state index in [2.05, 4.69) is 39.0 Å². The van der Waals surface area contributed by atoms with E-state index in [9.17, 15) is 5.26 Å². The first kappa shape index (κ1) is 18.7. The molecule has 0 saturated heterocycles. The highest BCUT2D eigenvalue weighted by Crippen LogP contribution is 2.33. The molecule has 0 saturated carbocycles. The quantitative estimate of drug-likeness (QED) is 0.720. The van der Waals surface area contributed by atoms with Gasteiger partial charge in [-0.25, -0.2) is 0 Å². The number of hydrogen-bond donors (Lipinski definition) is 0. The summed E-state index contributed by atoms with van der Waals surface area (Å²) in [5, 5.41) is 9.18. The molecule has 0 N–H and O–H groups in total. The van der Waals surface area contributed by atoms with Crippen LogP contribution in [-0.4, -0.2) is 20.3 Å². The van der Waals surface area contributed by atoms with Crippen molar-refractivity contribution in [1.29, 1.82) is 5.26 Å². The Morgan fingerprint density at radius 1 is 1.04 bits per heavy atom. The molecule has 0 heterocycles. The third-order valence-electron chi connectivity index (χ3n) is 3.92. The standard InChI is InChI=1S/C21H25NO3/c1-15-7-6-8-18(21(2,3)4)20(15)25-12-11-24-19-13-17(23-5)10-9-16(19)14-22/h6-10,13H,11-12H2,1-5H3. The molecule has 0 bridgehead atoms. The summed E-state index contributed by atoms with van der Waals surface area (Å²) in [5.74, 6) is 2.07. The fourth-order valence-electron chi connectivity index (χ4n) is 2.57. The van der Waals surface area contributed by atoms with Gasteiger partial charge in [-0.15, -0.1) is 0 Å². The summed E-state index contributed by atoms with van der Waals surface area (Å²) in [7, 11) is 1.58. The zero-order valence-electron chi connectivity index (χ0n) is 15.6. The lowest BCUT2D eigenvalue weighted by Crippen LogP contribution is -2.16. The van der Waals surface area contributed by atoms with E-state index in [1.165, 1.54) is 5.56 Å². The summed E-state index contributed by atoms with van der Waals surface area (Å²) in [6.07, 6.45) is 0. The molecule has 2 rings (SSSR count). The van der Waals surface area contributed by atoms with E-state index >= 15 is 0 Å². The van der Waals surface area contributed by atoms with Crippen molar-refractivity contribution in [1.82, 2.24) is 0 Å². The molecule has 0 atom stereocenters. The smallest absolute Gasteiger partial charge is 0.140 e. The van der Waals surface area contributed by atoms with Gasteiger partial charge in [0.25, 0.3) is 0 Å². The van der Waals surface area contributed by atoms with Gasteiger partial charge < -0.3 is 14.2 Å². The van der Waals surface area contributed by atoms with E-state index in [0.717, 1.165) is 11.3 Å². The molecule has 2 aromatic carbocycles. The fraction of sp³-hybridized carbons (Fsp3) is 0.381. The molecule has 0 aliphatic heterocycles. The first-order valence-electron chi connectivity index (χ1n) is 8.30. The molecule has 0 aliphatic rings. The molecule has 0 fully saturated rings. The molecular formula is C21H25NO3. The number of benzene rings is 2. The first-order valence-corrected chi connectivity index (χ1v) is 8.30. The van der Waals surface area contributed by atoms with Crippen molar-refractivity contribution in [3.8, 4) is 23.3 Å². The summed E-state index contributed by atoms with van der Waals surface area (Å²) >= 11 is 0. The molecule has 4 heteroatoms. The zero-order valence-corrected chi connectivity index (χ0v) is 15.6. The molecular weight excluding hydrogens is 314 g/mol. The van der Waals surface area contributed by atoms with E-state index in [0.29, 0.717) is 30.3 Å². The second kappa shape index (κ2) is 7.94. The SMILES string of the molecule is COc1ccc(C#N)c(OCCOc2c(C)cccc2C(C)(C)C)c1. The Hall–Kier alpha value is -2.67. The average molecular weight is 339 g/mol. The van der Waals surface area contributed by atoms with Crippen LogP contribution in [0.1, 0.15) is 37.5 Å². The molecule has 0 aromatic heterocycles. The lowest BCUT2D eigenvalue weighted by molar-refractivity contribution is 0.212. The van der Waals surface area contributed by atoms with Gasteiger partial charge >= 0.3 is 0 Å². The monoisotopic (exact) mass is 339 g/mol. The number of ether oxygens (including phenoxy) is 3. The van der Waals surface area contributed by atoms with Crippen LogP contribution in [0.2, 0.25) is 0 Å². The predicted molar refractivity (Wildman–Crippen MR) is 98.6 cm³/mol. The maximum Gasteiger partial charge on any atom is 0.140 e. The van der Waals surface area contributed by atoms with E-state index < -0.39 is 0 Å². The Kier molecular flexibility index (Phi) is 5.93. The largest absolute Gasteiger partial charge is 0.497 e. The summed E-state index contributed by atoms with van der Waals surface area (Å²) in [4.78, 5) is 0. The molecule has 0 spiro atoms. The summed E-state index contributed by atoms with van der Waals surface area (Å²) in [6.45, 7) is 9.29. The van der Waals surface area contributed by atoms with Crippen molar-refractivity contribution in [3.63, 3.8) is 0 Å². The van der Waals surface area contributed by atoms with Crippen LogP contribution in [0.15, 0.2) is 36.4 Å². The van der Waals surface area contributed by atoms with Crippen LogP contribution in [0.5, 0.6) is 17.2 Å². The number of methoxy groups -OCH3 is 1. The molecule has 4 nitrogen and oxygen atoms in total. The highest BCUT2D eigenvalue weighted by atomic mass is 16.5. The van der Waals surface area contributed by atoms with Crippen molar-refractivity contribution in [2.24, 2.45) is 0 Å². The molecule has 0 radical (unpaired) electrons. The van der Waals surface area contributed by atoms with Crippen LogP contribution >= 0.6 is 0 Å². The molecule has 2 aromatic rings. The van der Waals surface area contributed by atoms with Crippen molar-refractivity contribution in [3.05, 3.63) is 53.1 Å². The van der Waals surface area contributed by atoms with Crippen LogP contribution in [-0.2, 0) is 5.41 Å². The van der Waals surface area contributed by atoms with E-state index in [-0.39, 0.29) is 5.41 Å². The second-order valence-electron chi connectivity index (χ2n) is 6.87. The normalized spacial score (nSPS) is 10.9. The van der Waals surface area contributed by atoms with Gasteiger partial charge in [-0.05, 0) is 35.6 Å². The lowest BCUT2D eigenvalue weighted by Gasteiger charge is -2.24. The van der Waals surface area contributed by atoms with Crippen molar-refractivity contribution in [2.45, 2.75) is 33.1 Å². The number of aryl methyl sites for hydroxylation is 1. The van der Waals surface area contributed by atoms with Gasteiger partial charge in [0.1, 0.15) is 36.5 Å². The Morgan fingerprint density at radius 3 is 2.40 bits per heavy atom. The molecule has 25 heavy (non-hydrogen) atoms. The predicted octanol–water partition coefficient (Wildman–Crippen LogP) is 4.63. The minimum absolute atomic E-state index is 0.00296. The minimum Gasteiger partial charge on any atom is -0.497 e. The summed E-state index contributed by atoms with van der Waals surface area (Å²) in [6, 6.07) is 13.5. The van der Waals surface area contributed by atoms with Crippen LogP contribution < -0.4 is 14.2 Å². The van der Waals surface area contributed by atoms with Gasteiger partial charge in [0.15, 0.2) is 0 Å². The Morgan fingerprint density at radius 2 is 1.76 bits per heavy atom. The van der Waals surface area contributed by atoms with Crippen molar-refractivity contribution < 1.29 is 14.2 Å². The minimum atomic E-state index is 0.00296. The Balaban J connectivity index is 2.05. The topological polar surface area (TPSA) is 51.5 Å². The Labute approximate surface area is 150 Å². The lowest BCUT2D eigenvalue weighted by atomic mass is 9.85. The molecule has 0 aliphatic carbocycles. The van der Waals surface area contributed by atoms with E-state index in [1.54, 1.807) is 25.3 Å². The van der Waals surface area contributed by atoms with Crippen LogP contribution in [0.3, 0.4) is 0 Å². The van der Waals surface area contributed by atoms with Crippen molar-refractivity contribution in [2.75, 3.05) is 20.3 Å². The molecule has 0 unspecified atom stereocenters.